The maximum absolute atomic E-state index is 2.65. The molecule has 0 heteroatoms. The fourth-order valence-electron chi connectivity index (χ4n) is 28.0. The molecule has 0 saturated carbocycles. The minimum absolute atomic E-state index is 0.225. The van der Waals surface area contributed by atoms with E-state index in [0.29, 0.717) is 0 Å². The van der Waals surface area contributed by atoms with Crippen LogP contribution in [0.15, 0.2) is 91.0 Å². The summed E-state index contributed by atoms with van der Waals surface area (Å²) in [5.41, 5.74) is 29.9. The van der Waals surface area contributed by atoms with E-state index in [-0.39, 0.29) is 22.7 Å². The molecule has 35 rings (SSSR count). The molecule has 25 aromatic rings. The summed E-state index contributed by atoms with van der Waals surface area (Å²) in [5, 5.41) is 67.1. The van der Waals surface area contributed by atoms with Crippen molar-refractivity contribution in [3.63, 3.8) is 0 Å². The second-order valence-electron chi connectivity index (χ2n) is 29.0. The second kappa shape index (κ2) is 7.72. The summed E-state index contributed by atoms with van der Waals surface area (Å²) in [4.78, 5) is 0. The van der Waals surface area contributed by atoms with Crippen LogP contribution in [0.25, 0.3) is 215 Å². The van der Waals surface area contributed by atoms with Gasteiger partial charge in [0.05, 0.1) is 0 Å². The highest BCUT2D eigenvalue weighted by Crippen LogP contribution is 2.88. The van der Waals surface area contributed by atoms with Gasteiger partial charge in [-0.1, -0.05) is 91.0 Å². The van der Waals surface area contributed by atoms with Gasteiger partial charge in [-0.25, -0.2) is 0 Å². The van der Waals surface area contributed by atoms with Crippen molar-refractivity contribution in [2.75, 3.05) is 0 Å². The summed E-state index contributed by atoms with van der Waals surface area (Å²) in [6.45, 7) is 0. The predicted octanol–water partition coefficient (Wildman–Crippen LogP) is 19.1. The Balaban J connectivity index is 1.07. The molecular formula is C80H21-. The average molecular weight is 982 g/mol. The molecule has 5 atom stereocenters. The molecule has 0 saturated heterocycles. The number of hydrogen-bond acceptors (Lipinski definition) is 0. The van der Waals surface area contributed by atoms with Crippen LogP contribution in [0.5, 0.6) is 0 Å². The summed E-state index contributed by atoms with van der Waals surface area (Å²) in [7, 11) is 0. The molecular weight excluding hydrogens is 961 g/mol. The molecule has 10 aliphatic carbocycles. The van der Waals surface area contributed by atoms with Gasteiger partial charge in [-0.3, -0.25) is 0 Å². The molecule has 0 radical (unpaired) electrons. The van der Waals surface area contributed by atoms with Crippen molar-refractivity contribution >= 4 is 215 Å². The molecule has 0 spiro atoms. The van der Waals surface area contributed by atoms with Crippen molar-refractivity contribution in [1.29, 1.82) is 0 Å². The number of hydrogen-bond donors (Lipinski definition) is 0. The topological polar surface area (TPSA) is 0 Å². The van der Waals surface area contributed by atoms with Gasteiger partial charge in [-0.2, -0.15) is 11.1 Å². The largest absolute Gasteiger partial charge is 0.178 e. The van der Waals surface area contributed by atoms with E-state index in [4.69, 9.17) is 0 Å². The minimum atomic E-state index is -0.455. The summed E-state index contributed by atoms with van der Waals surface area (Å²) in [6.07, 6.45) is 2.00. The fraction of sp³-hybridized carbons (Fsp3) is 0.0875. The van der Waals surface area contributed by atoms with Gasteiger partial charge in [0.1, 0.15) is 0 Å². The zero-order valence-electron chi connectivity index (χ0n) is 41.7. The fourth-order valence-corrected chi connectivity index (χ4v) is 28.0. The van der Waals surface area contributed by atoms with Gasteiger partial charge in [0.2, 0.25) is 0 Å². The van der Waals surface area contributed by atoms with E-state index in [1.807, 2.05) is 0 Å². The van der Waals surface area contributed by atoms with Crippen molar-refractivity contribution in [1.82, 2.24) is 0 Å². The van der Waals surface area contributed by atoms with Crippen molar-refractivity contribution in [3.05, 3.63) is 191 Å². The lowest BCUT2D eigenvalue weighted by molar-refractivity contribution is 0.492. The maximum atomic E-state index is 2.65. The zero-order chi connectivity index (χ0) is 48.2. The van der Waals surface area contributed by atoms with Crippen LogP contribution in [0.3, 0.4) is 0 Å². The highest BCUT2D eigenvalue weighted by Gasteiger charge is 2.71. The SMILES string of the molecule is c1ccc(CC23c4c5c6[c-]7c4C4(Cc8ccccc8)c8c2c2c9c3c3c%10c%11c(c%12c%13c%14c(c%15c%16c%17c(c4c4c8c8c2c2c%18c9c%10c9c%10c%11c%13c%11c%13c%14c%16c%14c%16c%17c4c4c8c2c2c(c9%18)c(c%10%11)c(c%13%14)c2c4%16)C%157c2ccccc2)C%126)C53)cc1. The molecule has 0 bridgehead atoms. The monoisotopic (exact) mass is 981 g/mol. The van der Waals surface area contributed by atoms with Gasteiger partial charge in [-0.15, -0.1) is 16.7 Å². The quantitative estimate of drug-likeness (QED) is 0.119. The summed E-state index contributed by atoms with van der Waals surface area (Å²) < 4.78 is 0. The van der Waals surface area contributed by atoms with Crippen LogP contribution in [0.4, 0.5) is 0 Å². The van der Waals surface area contributed by atoms with Gasteiger partial charge >= 0.3 is 0 Å². The van der Waals surface area contributed by atoms with E-state index in [2.05, 4.69) is 91.0 Å². The Kier molecular flexibility index (Phi) is 3.07. The van der Waals surface area contributed by atoms with Crippen LogP contribution in [0, 0.1) is 0 Å². The van der Waals surface area contributed by atoms with Gasteiger partial charge in [0.25, 0.3) is 0 Å². The van der Waals surface area contributed by atoms with Gasteiger partial charge in [0.15, 0.2) is 0 Å². The minimum Gasteiger partial charge on any atom is -0.178 e. The van der Waals surface area contributed by atoms with E-state index < -0.39 is 5.41 Å². The second-order valence-corrected chi connectivity index (χ2v) is 29.0. The molecule has 80 heavy (non-hydrogen) atoms. The third-order valence-corrected chi connectivity index (χ3v) is 28.2. The van der Waals surface area contributed by atoms with Crippen molar-refractivity contribution in [2.24, 2.45) is 0 Å². The first-order valence-corrected chi connectivity index (χ1v) is 30.1. The average Bonchev–Trinajstić information content (AvgIpc) is 1.85. The van der Waals surface area contributed by atoms with Crippen molar-refractivity contribution < 1.29 is 0 Å². The molecule has 342 valence electrons. The molecule has 5 unspecified atom stereocenters. The third-order valence-electron chi connectivity index (χ3n) is 28.2. The van der Waals surface area contributed by atoms with E-state index in [1.165, 1.54) is 16.7 Å². The Bertz CT molecular complexity index is 7690. The maximum Gasteiger partial charge on any atom is 0.0288 e. The Morgan fingerprint density at radius 2 is 0.575 bits per heavy atom. The van der Waals surface area contributed by atoms with Gasteiger partial charge < -0.3 is 0 Å². The van der Waals surface area contributed by atoms with Crippen LogP contribution < -0.4 is 0 Å². The predicted molar refractivity (Wildman–Crippen MR) is 327 cm³/mol. The highest BCUT2D eigenvalue weighted by atomic mass is 14.8. The van der Waals surface area contributed by atoms with Crippen LogP contribution in [-0.4, -0.2) is 0 Å². The molecule has 0 aliphatic heterocycles. The van der Waals surface area contributed by atoms with E-state index >= 15 is 0 Å². The molecule has 0 aromatic heterocycles. The van der Waals surface area contributed by atoms with Crippen LogP contribution >= 0.6 is 0 Å². The van der Waals surface area contributed by atoms with Gasteiger partial charge in [0, 0.05) is 16.7 Å². The molecule has 0 amide bonds. The number of rotatable bonds is 5. The lowest BCUT2D eigenvalue weighted by Crippen LogP contribution is -2.50. The Morgan fingerprint density at radius 1 is 0.250 bits per heavy atom. The van der Waals surface area contributed by atoms with Crippen molar-refractivity contribution in [3.8, 4) is 0 Å². The smallest absolute Gasteiger partial charge is 0.0288 e. The summed E-state index contributed by atoms with van der Waals surface area (Å²) in [6, 6.07) is 36.7. The van der Waals surface area contributed by atoms with Crippen LogP contribution in [0.2, 0.25) is 0 Å². The third kappa shape index (κ3) is 1.87. The van der Waals surface area contributed by atoms with Gasteiger partial charge in [-0.05, 0) is 312 Å². The summed E-state index contributed by atoms with van der Waals surface area (Å²) in [5.74, 6) is 0.455. The Hall–Kier alpha value is -9.49. The molecule has 0 nitrogen and oxygen atoms in total. The zero-order valence-corrected chi connectivity index (χ0v) is 41.7. The summed E-state index contributed by atoms with van der Waals surface area (Å²) >= 11 is 0. The Morgan fingerprint density at radius 3 is 1.05 bits per heavy atom. The Labute approximate surface area is 444 Å². The first-order valence-electron chi connectivity index (χ1n) is 30.1. The lowest BCUT2D eigenvalue weighted by atomic mass is 9.46. The molecule has 0 heterocycles. The molecule has 10 aliphatic rings. The van der Waals surface area contributed by atoms with E-state index in [1.54, 1.807) is 299 Å². The lowest BCUT2D eigenvalue weighted by Gasteiger charge is -2.59. The van der Waals surface area contributed by atoms with Crippen LogP contribution in [-0.2, 0) is 29.1 Å². The number of benzene rings is 18. The first-order chi connectivity index (χ1) is 39.9. The molecule has 0 N–H and O–H groups in total. The molecule has 0 fully saturated rings. The van der Waals surface area contributed by atoms with E-state index in [0.717, 1.165) is 12.8 Å². The standard InChI is InChI=1S/C80H21/c1-4-10-18(11-5-1)16-78-69-59-49-43-29-27-22-21-23-25-26-24(21)32-34-28(22)30(29)44-46-45(43)57(59)66-68-58(46)60-50(44)48(34)52-38(32)42-36(26)41-40-35(25)39-37-31(23)33(27)47(49)51(37)61(69)63-53(39)54(40)64-65-55(41)56(42)67-62(52)70(60)80(20-14-8-3-9-15-20)75(67)73(65)79(72(64)71(63)78,77(74(66)78)76(68)80)17-19-12-6-2-7-13-19/h1-15,57-58H,16-17H2/q-1. The van der Waals surface area contributed by atoms with Crippen molar-refractivity contribution in [2.45, 2.75) is 40.9 Å². The molecule has 25 aromatic carbocycles. The van der Waals surface area contributed by atoms with E-state index in [9.17, 15) is 0 Å². The highest BCUT2D eigenvalue weighted by molar-refractivity contribution is 6.77. The van der Waals surface area contributed by atoms with Crippen LogP contribution in [0.1, 0.15) is 112 Å². The first kappa shape index (κ1) is 31.8. The normalized spacial score (nSPS) is 24.8.